The summed E-state index contributed by atoms with van der Waals surface area (Å²) in [7, 11) is 1.32. The van der Waals surface area contributed by atoms with Crippen LogP contribution in [0, 0.1) is 0 Å². The van der Waals surface area contributed by atoms with Crippen LogP contribution in [0.25, 0.3) is 0 Å². The van der Waals surface area contributed by atoms with E-state index in [-0.39, 0.29) is 18.5 Å². The summed E-state index contributed by atoms with van der Waals surface area (Å²) in [6, 6.07) is 5.05. The molecule has 1 aliphatic carbocycles. The van der Waals surface area contributed by atoms with Gasteiger partial charge in [-0.2, -0.15) is 0 Å². The summed E-state index contributed by atoms with van der Waals surface area (Å²) in [6.07, 6.45) is 4.44. The Morgan fingerprint density at radius 2 is 2.05 bits per heavy atom. The van der Waals surface area contributed by atoms with Crippen LogP contribution in [-0.4, -0.2) is 31.6 Å². The number of amides is 1. The fourth-order valence-corrected chi connectivity index (χ4v) is 2.61. The molecule has 1 aromatic carbocycles. The van der Waals surface area contributed by atoms with Gasteiger partial charge in [0.1, 0.15) is 0 Å². The summed E-state index contributed by atoms with van der Waals surface area (Å²) in [5, 5.41) is 6.39. The third kappa shape index (κ3) is 4.36. The Morgan fingerprint density at radius 1 is 1.33 bits per heavy atom. The van der Waals surface area contributed by atoms with Crippen molar-refractivity contribution in [2.75, 3.05) is 19.0 Å². The van der Waals surface area contributed by atoms with Gasteiger partial charge in [0.2, 0.25) is 5.91 Å². The van der Waals surface area contributed by atoms with E-state index in [1.54, 1.807) is 18.2 Å². The van der Waals surface area contributed by atoms with Crippen molar-refractivity contribution in [2.45, 2.75) is 31.7 Å². The first-order valence-corrected chi connectivity index (χ1v) is 7.39. The zero-order chi connectivity index (χ0) is 15.2. The van der Waals surface area contributed by atoms with Crippen molar-refractivity contribution in [3.05, 3.63) is 28.8 Å². The number of methoxy groups -OCH3 is 1. The normalized spacial score (nSPS) is 14.8. The number of hydrogen-bond acceptors (Lipinski definition) is 4. The molecule has 0 bridgehead atoms. The predicted molar refractivity (Wildman–Crippen MR) is 81.7 cm³/mol. The molecule has 0 saturated heterocycles. The second kappa shape index (κ2) is 7.31. The number of carbonyl (C=O) groups is 2. The fraction of sp³-hybridized carbons (Fsp3) is 0.467. The van der Waals surface area contributed by atoms with E-state index < -0.39 is 5.97 Å². The zero-order valence-corrected chi connectivity index (χ0v) is 12.7. The van der Waals surface area contributed by atoms with E-state index in [4.69, 9.17) is 11.6 Å². The number of ether oxygens (including phenoxy) is 1. The van der Waals surface area contributed by atoms with E-state index >= 15 is 0 Å². The number of hydrogen-bond donors (Lipinski definition) is 2. The third-order valence-electron chi connectivity index (χ3n) is 3.55. The van der Waals surface area contributed by atoms with E-state index in [1.165, 1.54) is 20.0 Å². The molecule has 21 heavy (non-hydrogen) atoms. The Labute approximate surface area is 129 Å². The number of benzene rings is 1. The summed E-state index contributed by atoms with van der Waals surface area (Å²) >= 11 is 6.05. The number of nitrogens with one attached hydrogen (secondary N) is 2. The Morgan fingerprint density at radius 3 is 2.71 bits per heavy atom. The molecule has 1 aliphatic rings. The minimum Gasteiger partial charge on any atom is -0.465 e. The number of esters is 1. The molecule has 0 atom stereocenters. The van der Waals surface area contributed by atoms with Crippen LogP contribution >= 0.6 is 11.6 Å². The quantitative estimate of drug-likeness (QED) is 0.820. The molecule has 0 aliphatic heterocycles. The van der Waals surface area contributed by atoms with Gasteiger partial charge in [0.05, 0.1) is 29.9 Å². The molecule has 1 aromatic rings. The Balaban J connectivity index is 1.92. The lowest BCUT2D eigenvalue weighted by Crippen LogP contribution is -2.36. The first kappa shape index (κ1) is 15.6. The smallest absolute Gasteiger partial charge is 0.337 e. The van der Waals surface area contributed by atoms with E-state index in [0.29, 0.717) is 16.3 Å². The fourth-order valence-electron chi connectivity index (χ4n) is 2.43. The second-order valence-electron chi connectivity index (χ2n) is 5.09. The molecular formula is C15H19ClN2O3. The summed E-state index contributed by atoms with van der Waals surface area (Å²) < 4.78 is 4.66. The summed E-state index contributed by atoms with van der Waals surface area (Å²) in [5.41, 5.74) is 0.932. The first-order chi connectivity index (χ1) is 10.1. The van der Waals surface area contributed by atoms with Gasteiger partial charge in [0.15, 0.2) is 0 Å². The highest BCUT2D eigenvalue weighted by molar-refractivity contribution is 6.33. The van der Waals surface area contributed by atoms with Gasteiger partial charge < -0.3 is 15.4 Å². The van der Waals surface area contributed by atoms with Crippen molar-refractivity contribution < 1.29 is 14.3 Å². The van der Waals surface area contributed by atoms with Crippen LogP contribution in [0.2, 0.25) is 5.02 Å². The maximum Gasteiger partial charge on any atom is 0.337 e. The van der Waals surface area contributed by atoms with E-state index in [9.17, 15) is 9.59 Å². The SMILES string of the molecule is COC(=O)c1ccc(Cl)c(NCC(=O)NC2CCCC2)c1. The highest BCUT2D eigenvalue weighted by atomic mass is 35.5. The van der Waals surface area contributed by atoms with Gasteiger partial charge >= 0.3 is 5.97 Å². The molecule has 0 aromatic heterocycles. The zero-order valence-electron chi connectivity index (χ0n) is 11.9. The Hall–Kier alpha value is -1.75. The molecule has 1 fully saturated rings. The van der Waals surface area contributed by atoms with Crippen LogP contribution in [0.15, 0.2) is 18.2 Å². The van der Waals surface area contributed by atoms with Gasteiger partial charge in [-0.15, -0.1) is 0 Å². The van der Waals surface area contributed by atoms with Gasteiger partial charge in [0.25, 0.3) is 0 Å². The molecular weight excluding hydrogens is 292 g/mol. The van der Waals surface area contributed by atoms with Crippen LogP contribution in [0.5, 0.6) is 0 Å². The number of anilines is 1. The minimum absolute atomic E-state index is 0.0681. The Bertz CT molecular complexity index is 528. The predicted octanol–water partition coefficient (Wildman–Crippen LogP) is 2.60. The van der Waals surface area contributed by atoms with Gasteiger partial charge in [-0.3, -0.25) is 4.79 Å². The van der Waals surface area contributed by atoms with Gasteiger partial charge in [0, 0.05) is 6.04 Å². The van der Waals surface area contributed by atoms with Crippen LogP contribution in [-0.2, 0) is 9.53 Å². The maximum absolute atomic E-state index is 11.9. The van der Waals surface area contributed by atoms with E-state index in [1.807, 2.05) is 0 Å². The molecule has 0 radical (unpaired) electrons. The molecule has 1 amide bonds. The van der Waals surface area contributed by atoms with Gasteiger partial charge in [-0.1, -0.05) is 24.4 Å². The summed E-state index contributed by atoms with van der Waals surface area (Å²) in [5.74, 6) is -0.508. The van der Waals surface area contributed by atoms with Crippen LogP contribution in [0.4, 0.5) is 5.69 Å². The van der Waals surface area contributed by atoms with Crippen molar-refractivity contribution in [3.8, 4) is 0 Å². The lowest BCUT2D eigenvalue weighted by Gasteiger charge is -2.13. The van der Waals surface area contributed by atoms with Crippen LogP contribution < -0.4 is 10.6 Å². The summed E-state index contributed by atoms with van der Waals surface area (Å²) in [4.78, 5) is 23.3. The van der Waals surface area contributed by atoms with Gasteiger partial charge in [-0.05, 0) is 31.0 Å². The summed E-state index contributed by atoms with van der Waals surface area (Å²) in [6.45, 7) is 0.126. The second-order valence-corrected chi connectivity index (χ2v) is 5.50. The van der Waals surface area contributed by atoms with Crippen LogP contribution in [0.1, 0.15) is 36.0 Å². The molecule has 2 N–H and O–H groups in total. The van der Waals surface area contributed by atoms with Crippen molar-refractivity contribution in [1.82, 2.24) is 5.32 Å². The van der Waals surface area contributed by atoms with E-state index in [0.717, 1.165) is 12.8 Å². The van der Waals surface area contributed by atoms with Crippen LogP contribution in [0.3, 0.4) is 0 Å². The number of halogens is 1. The molecule has 0 heterocycles. The lowest BCUT2D eigenvalue weighted by atomic mass is 10.2. The molecule has 2 rings (SSSR count). The monoisotopic (exact) mass is 310 g/mol. The molecule has 114 valence electrons. The van der Waals surface area contributed by atoms with Crippen molar-refractivity contribution in [2.24, 2.45) is 0 Å². The molecule has 1 saturated carbocycles. The number of rotatable bonds is 5. The third-order valence-corrected chi connectivity index (χ3v) is 3.88. The highest BCUT2D eigenvalue weighted by Gasteiger charge is 2.17. The standard InChI is InChI=1S/C15H19ClN2O3/c1-21-15(20)10-6-7-12(16)13(8-10)17-9-14(19)18-11-4-2-3-5-11/h6-8,11,17H,2-5,9H2,1H3,(H,18,19). The maximum atomic E-state index is 11.9. The first-order valence-electron chi connectivity index (χ1n) is 7.01. The van der Waals surface area contributed by atoms with E-state index in [2.05, 4.69) is 15.4 Å². The molecule has 5 nitrogen and oxygen atoms in total. The Kier molecular flexibility index (Phi) is 5.44. The molecule has 0 unspecified atom stereocenters. The van der Waals surface area contributed by atoms with Gasteiger partial charge in [-0.25, -0.2) is 4.79 Å². The van der Waals surface area contributed by atoms with Crippen molar-refractivity contribution in [1.29, 1.82) is 0 Å². The molecule has 6 heteroatoms. The minimum atomic E-state index is -0.440. The largest absolute Gasteiger partial charge is 0.465 e. The topological polar surface area (TPSA) is 67.4 Å². The lowest BCUT2D eigenvalue weighted by molar-refractivity contribution is -0.120. The number of carbonyl (C=O) groups excluding carboxylic acids is 2. The average molecular weight is 311 g/mol. The molecule has 0 spiro atoms. The van der Waals surface area contributed by atoms with Crippen molar-refractivity contribution >= 4 is 29.2 Å². The average Bonchev–Trinajstić information content (AvgIpc) is 2.98. The van der Waals surface area contributed by atoms with Crippen molar-refractivity contribution in [3.63, 3.8) is 0 Å². The highest BCUT2D eigenvalue weighted by Crippen LogP contribution is 2.23.